The van der Waals surface area contributed by atoms with Gasteiger partial charge in [-0.25, -0.2) is 4.79 Å². The first kappa shape index (κ1) is 10.0. The molecule has 5 nitrogen and oxygen atoms in total. The third-order valence-electron chi connectivity index (χ3n) is 1.62. The van der Waals surface area contributed by atoms with Gasteiger partial charge < -0.3 is 16.2 Å². The van der Waals surface area contributed by atoms with Gasteiger partial charge in [0.05, 0.1) is 5.69 Å². The summed E-state index contributed by atoms with van der Waals surface area (Å²) in [5.74, 6) is -1.50. The van der Waals surface area contributed by atoms with Crippen molar-refractivity contribution < 1.29 is 14.7 Å². The highest BCUT2D eigenvalue weighted by atomic mass is 16.4. The maximum absolute atomic E-state index is 10.8. The fraction of sp³-hybridized carbons (Fsp3) is 0.111. The molecule has 0 radical (unpaired) electrons. The molecule has 1 rings (SSSR count). The van der Waals surface area contributed by atoms with Crippen LogP contribution in [0.5, 0.6) is 0 Å². The summed E-state index contributed by atoms with van der Waals surface area (Å²) in [6.45, 7) is 1.30. The van der Waals surface area contributed by atoms with Gasteiger partial charge in [0, 0.05) is 12.6 Å². The van der Waals surface area contributed by atoms with E-state index in [9.17, 15) is 9.59 Å². The van der Waals surface area contributed by atoms with Crippen molar-refractivity contribution in [1.82, 2.24) is 0 Å². The number of nitrogens with one attached hydrogen (secondary N) is 1. The number of nitrogens with two attached hydrogens (primary N) is 1. The van der Waals surface area contributed by atoms with Crippen molar-refractivity contribution in [2.75, 3.05) is 11.1 Å². The van der Waals surface area contributed by atoms with Crippen LogP contribution in [0.15, 0.2) is 18.2 Å². The number of nitrogen functional groups attached to an aromatic ring is 1. The van der Waals surface area contributed by atoms with Crippen LogP contribution in [0.4, 0.5) is 11.4 Å². The molecule has 0 fully saturated rings. The van der Waals surface area contributed by atoms with Crippen LogP contribution in [-0.4, -0.2) is 17.0 Å². The fourth-order valence-corrected chi connectivity index (χ4v) is 1.10. The predicted molar refractivity (Wildman–Crippen MR) is 52.1 cm³/mol. The van der Waals surface area contributed by atoms with Gasteiger partial charge in [-0.15, -0.1) is 0 Å². The van der Waals surface area contributed by atoms with E-state index in [4.69, 9.17) is 10.8 Å². The van der Waals surface area contributed by atoms with Crippen LogP contribution >= 0.6 is 0 Å². The first-order valence-electron chi connectivity index (χ1n) is 3.91. The van der Waals surface area contributed by atoms with E-state index < -0.39 is 5.97 Å². The van der Waals surface area contributed by atoms with E-state index in [1.165, 1.54) is 19.1 Å². The standard InChI is InChI=1S/C9H10N2O3/c1-5(12)11-7-4-2-3-6(10)8(7)9(13)14/h2-4H,10H2,1H3,(H,11,12)(H,13,14). The molecular formula is C9H10N2O3. The Morgan fingerprint density at radius 2 is 2.07 bits per heavy atom. The van der Waals surface area contributed by atoms with E-state index in [1.54, 1.807) is 6.07 Å². The van der Waals surface area contributed by atoms with E-state index in [0.29, 0.717) is 0 Å². The molecule has 0 aliphatic heterocycles. The molecule has 5 heteroatoms. The van der Waals surface area contributed by atoms with Crippen molar-refractivity contribution >= 4 is 23.3 Å². The molecule has 1 amide bonds. The second-order valence-corrected chi connectivity index (χ2v) is 2.76. The highest BCUT2D eigenvalue weighted by Gasteiger charge is 2.13. The topological polar surface area (TPSA) is 92.4 Å². The van der Waals surface area contributed by atoms with Gasteiger partial charge in [0.15, 0.2) is 0 Å². The Morgan fingerprint density at radius 1 is 1.43 bits per heavy atom. The van der Waals surface area contributed by atoms with Crippen LogP contribution in [0.2, 0.25) is 0 Å². The lowest BCUT2D eigenvalue weighted by Gasteiger charge is -2.08. The zero-order valence-corrected chi connectivity index (χ0v) is 7.57. The lowest BCUT2D eigenvalue weighted by molar-refractivity contribution is -0.114. The molecule has 0 bridgehead atoms. The summed E-state index contributed by atoms with van der Waals surface area (Å²) < 4.78 is 0. The Labute approximate surface area is 80.5 Å². The van der Waals surface area contributed by atoms with Gasteiger partial charge in [0.1, 0.15) is 5.56 Å². The summed E-state index contributed by atoms with van der Waals surface area (Å²) >= 11 is 0. The van der Waals surface area contributed by atoms with Gasteiger partial charge in [-0.05, 0) is 12.1 Å². The van der Waals surface area contributed by atoms with Crippen LogP contribution in [0.3, 0.4) is 0 Å². The van der Waals surface area contributed by atoms with Crippen LogP contribution in [0.1, 0.15) is 17.3 Å². The van der Waals surface area contributed by atoms with Crippen LogP contribution in [0.25, 0.3) is 0 Å². The van der Waals surface area contributed by atoms with Gasteiger partial charge in [-0.2, -0.15) is 0 Å². The van der Waals surface area contributed by atoms with Gasteiger partial charge in [-0.3, -0.25) is 4.79 Å². The number of rotatable bonds is 2. The summed E-state index contributed by atoms with van der Waals surface area (Å²) in [5, 5.41) is 11.2. The first-order valence-corrected chi connectivity index (χ1v) is 3.91. The zero-order chi connectivity index (χ0) is 10.7. The van der Waals surface area contributed by atoms with Crippen molar-refractivity contribution in [3.8, 4) is 0 Å². The van der Waals surface area contributed by atoms with E-state index in [0.717, 1.165) is 0 Å². The normalized spacial score (nSPS) is 9.50. The molecule has 0 aliphatic carbocycles. The molecule has 0 saturated heterocycles. The van der Waals surface area contributed by atoms with Gasteiger partial charge in [0.25, 0.3) is 0 Å². The molecule has 0 saturated carbocycles. The van der Waals surface area contributed by atoms with E-state index in [2.05, 4.69) is 5.32 Å². The number of carbonyl (C=O) groups excluding carboxylic acids is 1. The number of carbonyl (C=O) groups is 2. The molecule has 1 aromatic rings. The average Bonchev–Trinajstić information content (AvgIpc) is 2.01. The number of anilines is 2. The Hall–Kier alpha value is -2.04. The number of carboxylic acids is 1. The molecule has 0 unspecified atom stereocenters. The minimum Gasteiger partial charge on any atom is -0.478 e. The maximum atomic E-state index is 10.8. The molecule has 0 heterocycles. The number of benzene rings is 1. The molecule has 4 N–H and O–H groups in total. The summed E-state index contributed by atoms with van der Waals surface area (Å²) in [5.41, 5.74) is 5.73. The Morgan fingerprint density at radius 3 is 2.57 bits per heavy atom. The SMILES string of the molecule is CC(=O)Nc1cccc(N)c1C(=O)O. The zero-order valence-electron chi connectivity index (χ0n) is 7.57. The second kappa shape index (κ2) is 3.78. The van der Waals surface area contributed by atoms with Crippen molar-refractivity contribution in [2.24, 2.45) is 0 Å². The van der Waals surface area contributed by atoms with E-state index in [1.807, 2.05) is 0 Å². The first-order chi connectivity index (χ1) is 6.52. The van der Waals surface area contributed by atoms with Crippen LogP contribution < -0.4 is 11.1 Å². The highest BCUT2D eigenvalue weighted by Crippen LogP contribution is 2.21. The highest BCUT2D eigenvalue weighted by molar-refractivity contribution is 6.03. The maximum Gasteiger partial charge on any atom is 0.339 e. The quantitative estimate of drug-likeness (QED) is 0.610. The minimum absolute atomic E-state index is 0.0808. The summed E-state index contributed by atoms with van der Waals surface area (Å²) in [6.07, 6.45) is 0. The smallest absolute Gasteiger partial charge is 0.339 e. The monoisotopic (exact) mass is 194 g/mol. The fourth-order valence-electron chi connectivity index (χ4n) is 1.10. The molecule has 0 atom stereocenters. The number of hydrogen-bond donors (Lipinski definition) is 3. The average molecular weight is 194 g/mol. The summed E-state index contributed by atoms with van der Waals surface area (Å²) in [7, 11) is 0. The van der Waals surface area contributed by atoms with E-state index >= 15 is 0 Å². The van der Waals surface area contributed by atoms with Gasteiger partial charge in [-0.1, -0.05) is 6.07 Å². The van der Waals surface area contributed by atoms with Crippen molar-refractivity contribution in [2.45, 2.75) is 6.92 Å². The molecule has 74 valence electrons. The molecular weight excluding hydrogens is 184 g/mol. The number of aromatic carboxylic acids is 1. The third kappa shape index (κ3) is 2.01. The Balaban J connectivity index is 3.21. The second-order valence-electron chi connectivity index (χ2n) is 2.76. The Bertz CT molecular complexity index is 388. The van der Waals surface area contributed by atoms with Crippen molar-refractivity contribution in [3.05, 3.63) is 23.8 Å². The summed E-state index contributed by atoms with van der Waals surface area (Å²) in [4.78, 5) is 21.5. The molecule has 0 aliphatic rings. The molecule has 14 heavy (non-hydrogen) atoms. The van der Waals surface area contributed by atoms with Crippen LogP contribution in [0, 0.1) is 0 Å². The molecule has 0 spiro atoms. The van der Waals surface area contributed by atoms with Gasteiger partial charge >= 0.3 is 5.97 Å². The molecule has 0 aromatic heterocycles. The van der Waals surface area contributed by atoms with Crippen molar-refractivity contribution in [3.63, 3.8) is 0 Å². The van der Waals surface area contributed by atoms with Crippen molar-refractivity contribution in [1.29, 1.82) is 0 Å². The largest absolute Gasteiger partial charge is 0.478 e. The number of amides is 1. The lowest BCUT2D eigenvalue weighted by atomic mass is 10.1. The number of hydrogen-bond acceptors (Lipinski definition) is 3. The lowest BCUT2D eigenvalue weighted by Crippen LogP contribution is -2.12. The number of carboxylic acid groups (broad SMARTS) is 1. The minimum atomic E-state index is -1.16. The van der Waals surface area contributed by atoms with E-state index in [-0.39, 0.29) is 22.8 Å². The third-order valence-corrected chi connectivity index (χ3v) is 1.62. The molecule has 1 aromatic carbocycles. The summed E-state index contributed by atoms with van der Waals surface area (Å²) in [6, 6.07) is 4.53. The van der Waals surface area contributed by atoms with Crippen LogP contribution in [-0.2, 0) is 4.79 Å². The predicted octanol–water partition coefficient (Wildman–Crippen LogP) is 0.925. The van der Waals surface area contributed by atoms with Gasteiger partial charge in [0.2, 0.25) is 5.91 Å². The Kier molecular flexibility index (Phi) is 2.71.